The molecule has 4 nitrogen and oxygen atoms in total. The highest BCUT2D eigenvalue weighted by molar-refractivity contribution is 6.35. The number of carbonyl (C=O) groups excluding carboxylic acids is 2. The molecule has 2 rings (SSSR count). The van der Waals surface area contributed by atoms with Crippen LogP contribution in [0, 0.1) is 0 Å². The van der Waals surface area contributed by atoms with Crippen molar-refractivity contribution in [1.29, 1.82) is 0 Å². The summed E-state index contributed by atoms with van der Waals surface area (Å²) in [5.41, 5.74) is 1.85. The van der Waals surface area contributed by atoms with E-state index in [0.29, 0.717) is 22.3 Å². The van der Waals surface area contributed by atoms with Crippen molar-refractivity contribution in [2.75, 3.05) is 18.0 Å². The second-order valence-corrected chi connectivity index (χ2v) is 6.75. The number of hydrogen-bond acceptors (Lipinski definition) is 2. The number of rotatable bonds is 6. The standard InChI is InChI=1S/C18H22Cl2N2O2/c1-13(23)22(17-11-15(19)7-8-16(17)20)12-18(24)21-10-9-14-5-3-2-4-6-14/h5,7-8,11H,2-4,6,9-10,12H2,1H3,(H,21,24). The fourth-order valence-corrected chi connectivity index (χ4v) is 3.14. The molecule has 0 aliphatic heterocycles. The molecule has 1 N–H and O–H groups in total. The third-order valence-electron chi connectivity index (χ3n) is 4.03. The Morgan fingerprint density at radius 3 is 2.71 bits per heavy atom. The number of halogens is 2. The van der Waals surface area contributed by atoms with Crippen LogP contribution in [0.5, 0.6) is 0 Å². The molecule has 2 amide bonds. The average Bonchev–Trinajstić information content (AvgIpc) is 2.56. The third-order valence-corrected chi connectivity index (χ3v) is 4.59. The second-order valence-electron chi connectivity index (χ2n) is 5.91. The van der Waals surface area contributed by atoms with E-state index in [4.69, 9.17) is 23.2 Å². The maximum atomic E-state index is 12.2. The Labute approximate surface area is 152 Å². The lowest BCUT2D eigenvalue weighted by Gasteiger charge is -2.22. The molecule has 0 heterocycles. The van der Waals surface area contributed by atoms with Crippen LogP contribution in [0.4, 0.5) is 5.69 Å². The average molecular weight is 369 g/mol. The van der Waals surface area contributed by atoms with E-state index < -0.39 is 0 Å². The zero-order valence-electron chi connectivity index (χ0n) is 13.8. The van der Waals surface area contributed by atoms with Gasteiger partial charge >= 0.3 is 0 Å². The smallest absolute Gasteiger partial charge is 0.240 e. The lowest BCUT2D eigenvalue weighted by Crippen LogP contribution is -2.40. The van der Waals surface area contributed by atoms with Gasteiger partial charge in [-0.2, -0.15) is 0 Å². The van der Waals surface area contributed by atoms with Crippen molar-refractivity contribution in [3.63, 3.8) is 0 Å². The Morgan fingerprint density at radius 1 is 1.25 bits per heavy atom. The maximum absolute atomic E-state index is 12.2. The lowest BCUT2D eigenvalue weighted by atomic mass is 9.97. The third kappa shape index (κ3) is 5.53. The van der Waals surface area contributed by atoms with Crippen LogP contribution in [0.1, 0.15) is 39.0 Å². The molecular formula is C18H22Cl2N2O2. The van der Waals surface area contributed by atoms with E-state index in [2.05, 4.69) is 11.4 Å². The van der Waals surface area contributed by atoms with Crippen LogP contribution in [0.25, 0.3) is 0 Å². The second kappa shape index (κ2) is 9.09. The number of benzene rings is 1. The molecule has 0 saturated carbocycles. The minimum atomic E-state index is -0.260. The van der Waals surface area contributed by atoms with Crippen LogP contribution >= 0.6 is 23.2 Å². The van der Waals surface area contributed by atoms with Crippen molar-refractivity contribution in [3.8, 4) is 0 Å². The number of anilines is 1. The minimum absolute atomic E-state index is 0.0750. The summed E-state index contributed by atoms with van der Waals surface area (Å²) in [7, 11) is 0. The molecule has 24 heavy (non-hydrogen) atoms. The first-order valence-corrected chi connectivity index (χ1v) is 8.90. The molecule has 0 radical (unpaired) electrons. The predicted octanol–water partition coefficient (Wildman–Crippen LogP) is 4.35. The number of nitrogens with zero attached hydrogens (tertiary/aromatic N) is 1. The van der Waals surface area contributed by atoms with Gasteiger partial charge in [-0.3, -0.25) is 9.59 Å². The highest BCUT2D eigenvalue weighted by Gasteiger charge is 2.18. The quantitative estimate of drug-likeness (QED) is 0.758. The van der Waals surface area contributed by atoms with Gasteiger partial charge in [-0.1, -0.05) is 34.9 Å². The molecule has 0 aromatic heterocycles. The van der Waals surface area contributed by atoms with E-state index in [1.807, 2.05) is 0 Å². The summed E-state index contributed by atoms with van der Waals surface area (Å²) in [6.45, 7) is 1.91. The van der Waals surface area contributed by atoms with Crippen LogP contribution < -0.4 is 10.2 Å². The van der Waals surface area contributed by atoms with Crippen LogP contribution in [-0.4, -0.2) is 24.9 Å². The van der Waals surface area contributed by atoms with Gasteiger partial charge in [0.2, 0.25) is 11.8 Å². The summed E-state index contributed by atoms with van der Waals surface area (Å²) >= 11 is 12.1. The van der Waals surface area contributed by atoms with Crippen molar-refractivity contribution in [2.45, 2.75) is 39.0 Å². The van der Waals surface area contributed by atoms with E-state index in [-0.39, 0.29) is 18.4 Å². The molecule has 0 bridgehead atoms. The van der Waals surface area contributed by atoms with Gasteiger partial charge in [0.05, 0.1) is 10.7 Å². The van der Waals surface area contributed by atoms with Gasteiger partial charge < -0.3 is 10.2 Å². The Kier molecular flexibility index (Phi) is 7.13. The predicted molar refractivity (Wildman–Crippen MR) is 98.7 cm³/mol. The summed E-state index contributed by atoms with van der Waals surface area (Å²) in [5.74, 6) is -0.470. The van der Waals surface area contributed by atoms with Gasteiger partial charge in [0.15, 0.2) is 0 Å². The number of hydrogen-bond donors (Lipinski definition) is 1. The van der Waals surface area contributed by atoms with Crippen molar-refractivity contribution in [1.82, 2.24) is 5.32 Å². The van der Waals surface area contributed by atoms with E-state index >= 15 is 0 Å². The van der Waals surface area contributed by atoms with Gasteiger partial charge in [0.25, 0.3) is 0 Å². The summed E-state index contributed by atoms with van der Waals surface area (Å²) < 4.78 is 0. The van der Waals surface area contributed by atoms with Crippen molar-refractivity contribution >= 4 is 40.7 Å². The normalized spacial score (nSPS) is 14.0. The summed E-state index contributed by atoms with van der Waals surface area (Å²) in [6, 6.07) is 4.84. The topological polar surface area (TPSA) is 49.4 Å². The first kappa shape index (κ1) is 18.8. The molecule has 0 saturated heterocycles. The molecule has 6 heteroatoms. The van der Waals surface area contributed by atoms with E-state index in [0.717, 1.165) is 19.3 Å². The van der Waals surface area contributed by atoms with Crippen LogP contribution in [0.2, 0.25) is 10.0 Å². The summed E-state index contributed by atoms with van der Waals surface area (Å²) in [4.78, 5) is 25.4. The number of allylic oxidation sites excluding steroid dienone is 1. The number of amides is 2. The molecule has 130 valence electrons. The first-order valence-electron chi connectivity index (χ1n) is 8.15. The number of nitrogens with one attached hydrogen (secondary N) is 1. The zero-order valence-corrected chi connectivity index (χ0v) is 15.3. The van der Waals surface area contributed by atoms with Gasteiger partial charge in [0.1, 0.15) is 6.54 Å². The number of carbonyl (C=O) groups is 2. The van der Waals surface area contributed by atoms with Crippen LogP contribution in [-0.2, 0) is 9.59 Å². The monoisotopic (exact) mass is 368 g/mol. The Morgan fingerprint density at radius 2 is 2.04 bits per heavy atom. The molecule has 1 aromatic rings. The SMILES string of the molecule is CC(=O)N(CC(=O)NCCC1=CCCCC1)c1cc(Cl)ccc1Cl. The zero-order chi connectivity index (χ0) is 17.5. The molecule has 0 fully saturated rings. The molecule has 0 atom stereocenters. The maximum Gasteiger partial charge on any atom is 0.240 e. The fourth-order valence-electron chi connectivity index (χ4n) is 2.75. The first-order chi connectivity index (χ1) is 11.5. The van der Waals surface area contributed by atoms with Crippen molar-refractivity contribution in [3.05, 3.63) is 39.9 Å². The lowest BCUT2D eigenvalue weighted by molar-refractivity contribution is -0.123. The van der Waals surface area contributed by atoms with Crippen LogP contribution in [0.15, 0.2) is 29.8 Å². The summed E-state index contributed by atoms with van der Waals surface area (Å²) in [6.07, 6.45) is 7.87. The Hall–Kier alpha value is -1.52. The molecule has 1 aliphatic rings. The van der Waals surface area contributed by atoms with E-state index in [1.54, 1.807) is 18.2 Å². The Balaban J connectivity index is 1.92. The van der Waals surface area contributed by atoms with Crippen molar-refractivity contribution < 1.29 is 9.59 Å². The van der Waals surface area contributed by atoms with Gasteiger partial charge in [-0.15, -0.1) is 0 Å². The summed E-state index contributed by atoms with van der Waals surface area (Å²) in [5, 5.41) is 3.72. The van der Waals surface area contributed by atoms with Gasteiger partial charge in [0, 0.05) is 18.5 Å². The fraction of sp³-hybridized carbons (Fsp3) is 0.444. The van der Waals surface area contributed by atoms with E-state index in [9.17, 15) is 9.59 Å². The molecule has 0 unspecified atom stereocenters. The largest absolute Gasteiger partial charge is 0.354 e. The van der Waals surface area contributed by atoms with Gasteiger partial charge in [-0.25, -0.2) is 0 Å². The molecular weight excluding hydrogens is 347 g/mol. The molecule has 1 aliphatic carbocycles. The van der Waals surface area contributed by atoms with Crippen molar-refractivity contribution in [2.24, 2.45) is 0 Å². The molecule has 1 aromatic carbocycles. The highest BCUT2D eigenvalue weighted by atomic mass is 35.5. The molecule has 0 spiro atoms. The Bertz CT molecular complexity index is 644. The van der Waals surface area contributed by atoms with Gasteiger partial charge in [-0.05, 0) is 50.3 Å². The van der Waals surface area contributed by atoms with E-state index in [1.165, 1.54) is 30.2 Å². The van der Waals surface area contributed by atoms with Crippen LogP contribution in [0.3, 0.4) is 0 Å². The minimum Gasteiger partial charge on any atom is -0.354 e. The highest BCUT2D eigenvalue weighted by Crippen LogP contribution is 2.29.